The highest BCUT2D eigenvalue weighted by Gasteiger charge is 2.29. The lowest BCUT2D eigenvalue weighted by Crippen LogP contribution is -2.47. The topological polar surface area (TPSA) is 187 Å². The van der Waals surface area contributed by atoms with Crippen LogP contribution < -0.4 is 15.5 Å². The minimum Gasteiger partial charge on any atom is -0.369 e. The number of amides is 2. The number of carbonyl (C=O) groups excluding carboxylic acids is 2. The van der Waals surface area contributed by atoms with Gasteiger partial charge >= 0.3 is 0 Å². The summed E-state index contributed by atoms with van der Waals surface area (Å²) in [6.07, 6.45) is 13.5. The number of imide groups is 1. The molecule has 2 saturated heterocycles. The Labute approximate surface area is 319 Å². The number of rotatable bonds is 10. The molecular formula is C40H43N13O2. The number of fused-ring (bicyclic) bond motifs is 1. The van der Waals surface area contributed by atoms with Crippen molar-refractivity contribution in [1.29, 1.82) is 10.5 Å². The summed E-state index contributed by atoms with van der Waals surface area (Å²) in [7, 11) is 0. The van der Waals surface area contributed by atoms with E-state index in [0.29, 0.717) is 53.1 Å². The van der Waals surface area contributed by atoms with E-state index in [0.717, 1.165) is 62.2 Å². The number of nitrogens with one attached hydrogen (secondary N) is 2. The van der Waals surface area contributed by atoms with Gasteiger partial charge in [0.1, 0.15) is 17.8 Å². The second-order valence-corrected chi connectivity index (χ2v) is 14.9. The van der Waals surface area contributed by atoms with Crippen molar-refractivity contribution < 1.29 is 9.59 Å². The highest BCUT2D eigenvalue weighted by molar-refractivity contribution is 6.01. The van der Waals surface area contributed by atoms with Gasteiger partial charge in [0.25, 0.3) is 0 Å². The maximum Gasteiger partial charge on any atom is 0.234 e. The molecule has 2 amide bonds. The normalized spacial score (nSPS) is 21.1. The summed E-state index contributed by atoms with van der Waals surface area (Å²) in [6.45, 7) is 6.92. The number of benzene rings is 1. The van der Waals surface area contributed by atoms with E-state index < -0.39 is 6.04 Å². The molecule has 3 aliphatic rings. The van der Waals surface area contributed by atoms with Crippen LogP contribution in [-0.4, -0.2) is 90.2 Å². The number of carbonyl (C=O) groups is 2. The van der Waals surface area contributed by atoms with Crippen molar-refractivity contribution in [2.75, 3.05) is 42.9 Å². The first kappa shape index (κ1) is 35.8. The Kier molecular flexibility index (Phi) is 10.2. The Morgan fingerprint density at radius 1 is 0.964 bits per heavy atom. The van der Waals surface area contributed by atoms with Gasteiger partial charge in [-0.3, -0.25) is 19.8 Å². The average Bonchev–Trinajstić information content (AvgIpc) is 3.88. The van der Waals surface area contributed by atoms with E-state index in [-0.39, 0.29) is 17.7 Å². The summed E-state index contributed by atoms with van der Waals surface area (Å²) in [6, 6.07) is 15.7. The van der Waals surface area contributed by atoms with Crippen LogP contribution in [0.4, 0.5) is 11.4 Å². The molecule has 280 valence electrons. The Hall–Kier alpha value is -6.19. The van der Waals surface area contributed by atoms with E-state index >= 15 is 0 Å². The molecule has 2 unspecified atom stereocenters. The number of hydrogen-bond acceptors (Lipinski definition) is 12. The van der Waals surface area contributed by atoms with Gasteiger partial charge in [-0.05, 0) is 81.7 Å². The molecule has 15 nitrogen and oxygen atoms in total. The molecule has 1 aliphatic carbocycles. The number of anilines is 2. The molecule has 4 aromatic heterocycles. The van der Waals surface area contributed by atoms with Gasteiger partial charge in [-0.15, -0.1) is 5.10 Å². The van der Waals surface area contributed by atoms with Crippen LogP contribution in [0.5, 0.6) is 0 Å². The van der Waals surface area contributed by atoms with Gasteiger partial charge < -0.3 is 10.2 Å². The first-order chi connectivity index (χ1) is 26.8. The minimum atomic E-state index is -0.465. The van der Waals surface area contributed by atoms with Gasteiger partial charge in [-0.25, -0.2) is 14.6 Å². The van der Waals surface area contributed by atoms with Gasteiger partial charge in [-0.1, -0.05) is 17.3 Å². The third kappa shape index (κ3) is 7.75. The first-order valence-corrected chi connectivity index (χ1v) is 19.1. The van der Waals surface area contributed by atoms with E-state index in [9.17, 15) is 20.1 Å². The van der Waals surface area contributed by atoms with Gasteiger partial charge in [0.15, 0.2) is 11.5 Å². The predicted molar refractivity (Wildman–Crippen MR) is 205 cm³/mol. The molecule has 55 heavy (non-hydrogen) atoms. The number of nitrogens with zero attached hydrogens (tertiary/aromatic N) is 11. The zero-order valence-electron chi connectivity index (χ0n) is 30.8. The molecule has 1 aromatic carbocycles. The lowest BCUT2D eigenvalue weighted by Gasteiger charge is -2.37. The number of piperidine rings is 1. The van der Waals surface area contributed by atoms with E-state index in [2.05, 4.69) is 70.1 Å². The monoisotopic (exact) mass is 737 g/mol. The van der Waals surface area contributed by atoms with Gasteiger partial charge in [-0.2, -0.15) is 20.3 Å². The van der Waals surface area contributed by atoms with Crippen molar-refractivity contribution in [2.45, 2.75) is 69.7 Å². The molecule has 8 rings (SSSR count). The fourth-order valence-electron chi connectivity index (χ4n) is 8.12. The smallest absolute Gasteiger partial charge is 0.234 e. The van der Waals surface area contributed by atoms with Gasteiger partial charge in [0, 0.05) is 61.9 Å². The molecule has 5 aromatic rings. The van der Waals surface area contributed by atoms with Crippen LogP contribution in [0.2, 0.25) is 0 Å². The molecule has 6 heterocycles. The van der Waals surface area contributed by atoms with Crippen molar-refractivity contribution in [3.63, 3.8) is 0 Å². The van der Waals surface area contributed by atoms with E-state index in [1.807, 2.05) is 24.4 Å². The lowest BCUT2D eigenvalue weighted by atomic mass is 9.79. The Morgan fingerprint density at radius 3 is 2.51 bits per heavy atom. The van der Waals surface area contributed by atoms with Crippen LogP contribution in [0.25, 0.3) is 22.5 Å². The summed E-state index contributed by atoms with van der Waals surface area (Å²) in [5, 5.41) is 38.8. The maximum atomic E-state index is 12.3. The van der Waals surface area contributed by atoms with Crippen molar-refractivity contribution in [1.82, 2.24) is 45.0 Å². The molecule has 2 aliphatic heterocycles. The molecule has 1 saturated carbocycles. The number of nitriles is 2. The molecule has 2 atom stereocenters. The second kappa shape index (κ2) is 15.7. The van der Waals surface area contributed by atoms with Crippen LogP contribution in [-0.2, 0) is 9.59 Å². The van der Waals surface area contributed by atoms with E-state index in [4.69, 9.17) is 0 Å². The molecule has 0 spiro atoms. The van der Waals surface area contributed by atoms with Crippen LogP contribution in [0.1, 0.15) is 80.5 Å². The molecule has 3 fully saturated rings. The van der Waals surface area contributed by atoms with Crippen LogP contribution in [0.3, 0.4) is 0 Å². The fourth-order valence-corrected chi connectivity index (χ4v) is 8.12. The number of pyridine rings is 2. The maximum absolute atomic E-state index is 12.3. The zero-order chi connectivity index (χ0) is 37.9. The van der Waals surface area contributed by atoms with E-state index in [1.165, 1.54) is 31.1 Å². The van der Waals surface area contributed by atoms with Crippen molar-refractivity contribution in [3.05, 3.63) is 78.0 Å². The van der Waals surface area contributed by atoms with Crippen LogP contribution >= 0.6 is 0 Å². The summed E-state index contributed by atoms with van der Waals surface area (Å²) in [5.74, 6) is 0.933. The fraction of sp³-hybridized carbons (Fsp3) is 0.425. The minimum absolute atomic E-state index is 0.183. The quantitative estimate of drug-likeness (QED) is 0.190. The van der Waals surface area contributed by atoms with Crippen molar-refractivity contribution >= 4 is 34.2 Å². The summed E-state index contributed by atoms with van der Waals surface area (Å²) in [4.78, 5) is 37.9. The van der Waals surface area contributed by atoms with E-state index in [1.54, 1.807) is 34.7 Å². The number of aromatic nitrogens is 7. The highest BCUT2D eigenvalue weighted by Crippen LogP contribution is 2.37. The molecular weight excluding hydrogens is 695 g/mol. The van der Waals surface area contributed by atoms with Crippen molar-refractivity contribution in [2.24, 2.45) is 5.92 Å². The van der Waals surface area contributed by atoms with Crippen molar-refractivity contribution in [3.8, 4) is 23.6 Å². The lowest BCUT2D eigenvalue weighted by molar-refractivity contribution is -0.134. The average molecular weight is 738 g/mol. The molecule has 0 bridgehead atoms. The SMILES string of the molecule is CC(C#N)Nc1cc(-n2ncc3cc(C#N)cnc32)ncc1-n1cc(C2CCC(CCN3CCN(c4ccc(C5CCC(=O)NC5=O)cc4)CC3)CC2)nn1. The first-order valence-electron chi connectivity index (χ1n) is 19.1. The number of hydrogen-bond donors (Lipinski definition) is 2. The summed E-state index contributed by atoms with van der Waals surface area (Å²) in [5.41, 5.74) is 5.50. The third-order valence-electron chi connectivity index (χ3n) is 11.3. The van der Waals surface area contributed by atoms with Crippen LogP contribution in [0.15, 0.2) is 61.2 Å². The van der Waals surface area contributed by atoms with Crippen LogP contribution in [0, 0.1) is 28.6 Å². The molecule has 15 heteroatoms. The predicted octanol–water partition coefficient (Wildman–Crippen LogP) is 4.60. The number of piperazine rings is 1. The summed E-state index contributed by atoms with van der Waals surface area (Å²) >= 11 is 0. The van der Waals surface area contributed by atoms with Gasteiger partial charge in [0.05, 0.1) is 47.5 Å². The molecule has 2 N–H and O–H groups in total. The third-order valence-corrected chi connectivity index (χ3v) is 11.3. The highest BCUT2D eigenvalue weighted by atomic mass is 16.2. The summed E-state index contributed by atoms with van der Waals surface area (Å²) < 4.78 is 3.34. The molecule has 0 radical (unpaired) electrons. The Bertz CT molecular complexity index is 2270. The Balaban J connectivity index is 0.836. The standard InChI is InChI=1S/C40H43N13O2/c1-26(20-41)46-34-19-37(53-39-31(23-45-53)18-28(21-42)22-44-39)43-24-36(34)52-25-35(48-49-52)30-4-2-27(3-5-30)12-13-50-14-16-51(17-15-50)32-8-6-29(7-9-32)33-10-11-38(54)47-40(33)55/h6-9,18-19,22-27,30,33H,2-5,10-17H2,1H3,(H,43,46)(H,47,54,55). The van der Waals surface area contributed by atoms with Gasteiger partial charge in [0.2, 0.25) is 11.8 Å². The largest absolute Gasteiger partial charge is 0.369 e. The Morgan fingerprint density at radius 2 is 1.76 bits per heavy atom. The zero-order valence-corrected chi connectivity index (χ0v) is 30.8. The second-order valence-electron chi connectivity index (χ2n) is 14.9.